The van der Waals surface area contributed by atoms with Crippen LogP contribution in [0.3, 0.4) is 0 Å². The number of carbonyl (C=O) groups excluding carboxylic acids is 2. The van der Waals surface area contributed by atoms with Gasteiger partial charge in [0.1, 0.15) is 0 Å². The first-order valence-electron chi connectivity index (χ1n) is 2.69. The summed E-state index contributed by atoms with van der Waals surface area (Å²) < 4.78 is 0. The molecule has 0 fully saturated rings. The van der Waals surface area contributed by atoms with Gasteiger partial charge in [0, 0.05) is 12.5 Å². The smallest absolute Gasteiger partial charge is 0.295 e. The second kappa shape index (κ2) is 4.49. The molecule has 0 aliphatic carbocycles. The molecule has 0 rings (SSSR count). The molecule has 0 N–H and O–H groups in total. The van der Waals surface area contributed by atoms with Gasteiger partial charge in [-0.2, -0.15) is 0 Å². The first-order valence-corrected chi connectivity index (χ1v) is 2.69. The van der Waals surface area contributed by atoms with Crippen molar-refractivity contribution in [3.63, 3.8) is 0 Å². The molecule has 3 nitrogen and oxygen atoms in total. The van der Waals surface area contributed by atoms with E-state index in [-0.39, 0.29) is 12.2 Å². The van der Waals surface area contributed by atoms with E-state index < -0.39 is 5.97 Å². The van der Waals surface area contributed by atoms with Crippen LogP contribution in [0, 0.1) is 0 Å². The zero-order valence-corrected chi connectivity index (χ0v) is 5.37. The topological polar surface area (TPSA) is 54.0 Å². The van der Waals surface area contributed by atoms with Gasteiger partial charge in [0.2, 0.25) is 0 Å². The van der Waals surface area contributed by atoms with Crippen LogP contribution in [0.1, 0.15) is 6.42 Å². The van der Waals surface area contributed by atoms with E-state index in [4.69, 9.17) is 0 Å². The van der Waals surface area contributed by atoms with E-state index in [2.05, 4.69) is 6.58 Å². The first kappa shape index (κ1) is 8.62. The van der Waals surface area contributed by atoms with Gasteiger partial charge < -0.3 is 0 Å². The Bertz CT molecular complexity index is 179. The molecule has 0 atom stereocenters. The van der Waals surface area contributed by atoms with Crippen LogP contribution < -0.4 is 0 Å². The van der Waals surface area contributed by atoms with Crippen molar-refractivity contribution < 1.29 is 14.7 Å². The van der Waals surface area contributed by atoms with Gasteiger partial charge in [0.25, 0.3) is 0 Å². The number of hydrogen-bond acceptors (Lipinski definition) is 2. The van der Waals surface area contributed by atoms with Crippen molar-refractivity contribution in [1.29, 1.82) is 0 Å². The lowest BCUT2D eigenvalue weighted by Crippen LogP contribution is -1.89. The molecule has 0 aromatic heterocycles. The van der Waals surface area contributed by atoms with E-state index in [1.807, 2.05) is 0 Å². The van der Waals surface area contributed by atoms with Crippen LogP contribution >= 0.6 is 0 Å². The maximum absolute atomic E-state index is 10.4. The Kier molecular flexibility index (Phi) is 3.87. The molecule has 0 aliphatic rings. The van der Waals surface area contributed by atoms with Gasteiger partial charge in [-0.3, -0.25) is 4.79 Å². The fourth-order valence-corrected chi connectivity index (χ4v) is 0.355. The number of ketones is 1. The first-order chi connectivity index (χ1) is 4.66. The minimum atomic E-state index is -1.29. The monoisotopic (exact) mass is 139 g/mol. The van der Waals surface area contributed by atoms with Crippen molar-refractivity contribution in [2.75, 3.05) is 0 Å². The highest BCUT2D eigenvalue weighted by molar-refractivity contribution is 5.91. The lowest BCUT2D eigenvalue weighted by Gasteiger charge is -1.81. The van der Waals surface area contributed by atoms with E-state index >= 15 is 0 Å². The summed E-state index contributed by atoms with van der Waals surface area (Å²) in [5.74, 6) is -1.51. The normalized spacial score (nSPS) is 9.60. The Morgan fingerprint density at radius 2 is 2.00 bits per heavy atom. The molecule has 3 heteroatoms. The lowest BCUT2D eigenvalue weighted by molar-refractivity contribution is -0.137. The summed E-state index contributed by atoms with van der Waals surface area (Å²) >= 11 is 0. The largest absolute Gasteiger partial charge is 0.378 e. The van der Waals surface area contributed by atoms with Gasteiger partial charge in [0.15, 0.2) is 5.78 Å². The van der Waals surface area contributed by atoms with Crippen LogP contribution in [0.2, 0.25) is 0 Å². The number of allylic oxidation sites excluding steroid dienone is 2. The fourth-order valence-electron chi connectivity index (χ4n) is 0.355. The minimum Gasteiger partial charge on any atom is -0.295 e. The molecule has 0 aromatic rings. The molecule has 10 heavy (non-hydrogen) atoms. The second-order valence-corrected chi connectivity index (χ2v) is 1.60. The summed E-state index contributed by atoms with van der Waals surface area (Å²) in [7, 11) is 0. The molecule has 0 bridgehead atoms. The van der Waals surface area contributed by atoms with Crippen LogP contribution in [0.4, 0.5) is 0 Å². The third-order valence-electron chi connectivity index (χ3n) is 0.801. The Morgan fingerprint density at radius 1 is 1.40 bits per heavy atom. The Balaban J connectivity index is 3.63. The van der Waals surface area contributed by atoms with Gasteiger partial charge in [-0.15, -0.1) is 0 Å². The van der Waals surface area contributed by atoms with E-state index in [9.17, 15) is 14.7 Å². The van der Waals surface area contributed by atoms with Crippen molar-refractivity contribution in [3.05, 3.63) is 24.8 Å². The van der Waals surface area contributed by atoms with Gasteiger partial charge in [-0.1, -0.05) is 12.7 Å². The van der Waals surface area contributed by atoms with Gasteiger partial charge in [0.05, 0.1) is 0 Å². The highest BCUT2D eigenvalue weighted by Gasteiger charge is 1.91. The zero-order chi connectivity index (χ0) is 7.98. The van der Waals surface area contributed by atoms with E-state index in [0.29, 0.717) is 0 Å². The summed E-state index contributed by atoms with van der Waals surface area (Å²) in [5, 5.41) is 9.73. The fraction of sp³-hybridized carbons (Fsp3) is 0.143. The molecule has 1 radical (unpaired) electrons. The van der Waals surface area contributed by atoms with E-state index in [1.54, 1.807) is 0 Å². The maximum Gasteiger partial charge on any atom is 0.378 e. The van der Waals surface area contributed by atoms with Crippen molar-refractivity contribution in [1.82, 2.24) is 0 Å². The molecule has 0 heterocycles. The van der Waals surface area contributed by atoms with Gasteiger partial charge >= 0.3 is 5.97 Å². The molecule has 0 saturated heterocycles. The molecule has 0 spiro atoms. The molecule has 0 aliphatic heterocycles. The van der Waals surface area contributed by atoms with Crippen molar-refractivity contribution >= 4 is 11.8 Å². The molecular weight excluding hydrogens is 132 g/mol. The SMILES string of the molecule is C=CC(=O)CC=CC([O])=O. The van der Waals surface area contributed by atoms with Crippen LogP contribution in [-0.4, -0.2) is 11.8 Å². The predicted molar refractivity (Wildman–Crippen MR) is 34.7 cm³/mol. The van der Waals surface area contributed by atoms with Crippen molar-refractivity contribution in [3.8, 4) is 0 Å². The quantitative estimate of drug-likeness (QED) is 0.537. The molecular formula is C7H7O3. The summed E-state index contributed by atoms with van der Waals surface area (Å²) in [6.45, 7) is 3.21. The van der Waals surface area contributed by atoms with Crippen LogP contribution in [0.5, 0.6) is 0 Å². The standard InChI is InChI=1S/C7H7O3/c1-2-6(8)4-3-5-7(9)10/h2-3,5H,1,4H2. The van der Waals surface area contributed by atoms with Gasteiger partial charge in [-0.05, 0) is 6.08 Å². The Morgan fingerprint density at radius 3 is 2.40 bits per heavy atom. The van der Waals surface area contributed by atoms with Crippen molar-refractivity contribution in [2.45, 2.75) is 6.42 Å². The highest BCUT2D eigenvalue weighted by atomic mass is 16.4. The summed E-state index contributed by atoms with van der Waals surface area (Å²) in [6, 6.07) is 0. The molecule has 0 unspecified atom stereocenters. The lowest BCUT2D eigenvalue weighted by atomic mass is 10.2. The van der Waals surface area contributed by atoms with E-state index in [0.717, 1.165) is 12.2 Å². The van der Waals surface area contributed by atoms with Crippen molar-refractivity contribution in [2.24, 2.45) is 0 Å². The van der Waals surface area contributed by atoms with Gasteiger partial charge in [-0.25, -0.2) is 9.90 Å². The van der Waals surface area contributed by atoms with Crippen LogP contribution in [-0.2, 0) is 14.7 Å². The Hall–Kier alpha value is -1.38. The predicted octanol–water partition coefficient (Wildman–Crippen LogP) is 0.645. The third kappa shape index (κ3) is 4.77. The number of hydrogen-bond donors (Lipinski definition) is 0. The Labute approximate surface area is 58.7 Å². The number of rotatable bonds is 4. The molecule has 0 amide bonds. The van der Waals surface area contributed by atoms with E-state index in [1.165, 1.54) is 6.08 Å². The molecule has 0 aromatic carbocycles. The molecule has 0 saturated carbocycles. The average molecular weight is 139 g/mol. The number of carbonyl (C=O) groups is 2. The summed E-state index contributed by atoms with van der Waals surface area (Å²) in [5.41, 5.74) is 0. The van der Waals surface area contributed by atoms with Crippen LogP contribution in [0.25, 0.3) is 0 Å². The summed E-state index contributed by atoms with van der Waals surface area (Å²) in [6.07, 6.45) is 3.25. The molecule has 53 valence electrons. The maximum atomic E-state index is 10.4. The third-order valence-corrected chi connectivity index (χ3v) is 0.801. The minimum absolute atomic E-state index is 0.0669. The zero-order valence-electron chi connectivity index (χ0n) is 5.37. The highest BCUT2D eigenvalue weighted by Crippen LogP contribution is 1.86. The average Bonchev–Trinajstić information content (AvgIpc) is 1.87. The van der Waals surface area contributed by atoms with Crippen LogP contribution in [0.15, 0.2) is 24.8 Å². The summed E-state index contributed by atoms with van der Waals surface area (Å²) in [4.78, 5) is 20.1. The second-order valence-electron chi connectivity index (χ2n) is 1.60.